The van der Waals surface area contributed by atoms with E-state index in [9.17, 15) is 13.2 Å². The molecule has 0 aliphatic carbocycles. The van der Waals surface area contributed by atoms with Gasteiger partial charge in [0, 0.05) is 43.0 Å². The number of piperazine rings is 1. The molecule has 0 bridgehead atoms. The van der Waals surface area contributed by atoms with Crippen molar-refractivity contribution in [2.45, 2.75) is 4.90 Å². The van der Waals surface area contributed by atoms with E-state index in [-0.39, 0.29) is 47.0 Å². The van der Waals surface area contributed by atoms with Gasteiger partial charge in [-0.15, -0.1) is 0 Å². The van der Waals surface area contributed by atoms with Gasteiger partial charge in [0.15, 0.2) is 0 Å². The molecule has 1 aromatic carbocycles. The molecule has 1 saturated heterocycles. The van der Waals surface area contributed by atoms with E-state index in [0.29, 0.717) is 10.0 Å². The molecule has 138 valence electrons. The van der Waals surface area contributed by atoms with Gasteiger partial charge in [-0.2, -0.15) is 4.31 Å². The number of pyridine rings is 1. The van der Waals surface area contributed by atoms with Crippen molar-refractivity contribution in [3.05, 3.63) is 56.7 Å². The predicted octanol–water partition coefficient (Wildman–Crippen LogP) is 3.30. The Morgan fingerprint density at radius 3 is 2.27 bits per heavy atom. The van der Waals surface area contributed by atoms with Crippen LogP contribution in [0.2, 0.25) is 10.0 Å². The van der Waals surface area contributed by atoms with Gasteiger partial charge >= 0.3 is 0 Å². The molecule has 26 heavy (non-hydrogen) atoms. The molecule has 0 unspecified atom stereocenters. The maximum Gasteiger partial charge on any atom is 0.255 e. The molecule has 0 atom stereocenters. The number of hydrogen-bond acceptors (Lipinski definition) is 4. The summed E-state index contributed by atoms with van der Waals surface area (Å²) in [4.78, 5) is 18.0. The van der Waals surface area contributed by atoms with Gasteiger partial charge < -0.3 is 4.90 Å². The number of amides is 1. The fourth-order valence-corrected chi connectivity index (χ4v) is 5.58. The van der Waals surface area contributed by atoms with Crippen molar-refractivity contribution in [1.82, 2.24) is 14.2 Å². The molecule has 1 aliphatic rings. The summed E-state index contributed by atoms with van der Waals surface area (Å²) in [7, 11) is -3.83. The molecule has 1 fully saturated rings. The van der Waals surface area contributed by atoms with Crippen LogP contribution in [0.3, 0.4) is 0 Å². The van der Waals surface area contributed by atoms with Crippen molar-refractivity contribution >= 4 is 55.1 Å². The van der Waals surface area contributed by atoms with Crippen LogP contribution in [0.1, 0.15) is 10.4 Å². The third-order valence-corrected chi connectivity index (χ3v) is 7.28. The molecule has 6 nitrogen and oxygen atoms in total. The van der Waals surface area contributed by atoms with Gasteiger partial charge in [-0.3, -0.25) is 9.78 Å². The predicted molar refractivity (Wildman–Crippen MR) is 103 cm³/mol. The lowest BCUT2D eigenvalue weighted by molar-refractivity contribution is 0.0697. The largest absolute Gasteiger partial charge is 0.336 e. The molecule has 1 amide bonds. The summed E-state index contributed by atoms with van der Waals surface area (Å²) in [5.41, 5.74) is 0.449. The molecular weight excluding hydrogens is 465 g/mol. The molecular formula is C16H14BrCl2N3O3S. The Morgan fingerprint density at radius 2 is 1.69 bits per heavy atom. The van der Waals surface area contributed by atoms with Crippen molar-refractivity contribution in [3.63, 3.8) is 0 Å². The smallest absolute Gasteiger partial charge is 0.255 e. The van der Waals surface area contributed by atoms with Crippen LogP contribution in [0.25, 0.3) is 0 Å². The summed E-state index contributed by atoms with van der Waals surface area (Å²) in [6.07, 6.45) is 3.08. The maximum absolute atomic E-state index is 12.9. The number of halogens is 3. The van der Waals surface area contributed by atoms with E-state index < -0.39 is 10.0 Å². The van der Waals surface area contributed by atoms with Gasteiger partial charge in [0.25, 0.3) is 5.91 Å². The van der Waals surface area contributed by atoms with Crippen molar-refractivity contribution < 1.29 is 13.2 Å². The van der Waals surface area contributed by atoms with Crippen LogP contribution < -0.4 is 0 Å². The van der Waals surface area contributed by atoms with Gasteiger partial charge in [0.1, 0.15) is 4.90 Å². The lowest BCUT2D eigenvalue weighted by Gasteiger charge is -2.34. The maximum atomic E-state index is 12.9. The van der Waals surface area contributed by atoms with Gasteiger partial charge in [0.05, 0.1) is 15.6 Å². The Kier molecular flexibility index (Phi) is 5.88. The fourth-order valence-electron chi connectivity index (χ4n) is 2.70. The topological polar surface area (TPSA) is 70.6 Å². The summed E-state index contributed by atoms with van der Waals surface area (Å²) >= 11 is 15.4. The molecule has 0 radical (unpaired) electrons. The zero-order valence-electron chi connectivity index (χ0n) is 13.4. The Balaban J connectivity index is 1.75. The summed E-state index contributed by atoms with van der Waals surface area (Å²) in [5, 5.41) is 0.160. The average Bonchev–Trinajstić information content (AvgIpc) is 2.61. The van der Waals surface area contributed by atoms with Gasteiger partial charge in [0.2, 0.25) is 10.0 Å². The van der Waals surface area contributed by atoms with E-state index in [4.69, 9.17) is 23.2 Å². The number of nitrogens with zero attached hydrogens (tertiary/aromatic N) is 3. The monoisotopic (exact) mass is 477 g/mol. The first-order chi connectivity index (χ1) is 12.3. The van der Waals surface area contributed by atoms with E-state index in [2.05, 4.69) is 20.9 Å². The first-order valence-electron chi connectivity index (χ1n) is 7.64. The number of benzene rings is 1. The molecule has 2 heterocycles. The third kappa shape index (κ3) is 3.89. The third-order valence-electron chi connectivity index (χ3n) is 3.99. The Bertz CT molecular complexity index is 927. The highest BCUT2D eigenvalue weighted by Crippen LogP contribution is 2.32. The van der Waals surface area contributed by atoms with Gasteiger partial charge in [-0.1, -0.05) is 29.3 Å². The van der Waals surface area contributed by atoms with Crippen LogP contribution in [-0.2, 0) is 10.0 Å². The standard InChI is InChI=1S/C16H14BrCl2N3O3S/c17-12-8-11(9-20-10-12)16(23)21-4-6-22(7-5-21)26(24,25)15-13(18)2-1-3-14(15)19/h1-3,8-10H,4-7H2. The van der Waals surface area contributed by atoms with E-state index in [1.807, 2.05) is 0 Å². The zero-order valence-corrected chi connectivity index (χ0v) is 17.3. The second kappa shape index (κ2) is 7.82. The second-order valence-corrected chi connectivity index (χ2v) is 9.24. The molecule has 1 aromatic heterocycles. The molecule has 3 rings (SSSR count). The van der Waals surface area contributed by atoms with E-state index in [0.717, 1.165) is 0 Å². The molecule has 0 spiro atoms. The number of carbonyl (C=O) groups excluding carboxylic acids is 1. The highest BCUT2D eigenvalue weighted by molar-refractivity contribution is 9.10. The fraction of sp³-hybridized carbons (Fsp3) is 0.250. The summed E-state index contributed by atoms with van der Waals surface area (Å²) in [5.74, 6) is -0.188. The number of aromatic nitrogens is 1. The van der Waals surface area contributed by atoms with Crippen LogP contribution >= 0.6 is 39.1 Å². The van der Waals surface area contributed by atoms with Crippen molar-refractivity contribution in [1.29, 1.82) is 0 Å². The number of hydrogen-bond donors (Lipinski definition) is 0. The summed E-state index contributed by atoms with van der Waals surface area (Å²) in [6, 6.07) is 6.25. The quantitative estimate of drug-likeness (QED) is 0.678. The zero-order chi connectivity index (χ0) is 18.9. The Morgan fingerprint density at radius 1 is 1.08 bits per heavy atom. The number of sulfonamides is 1. The van der Waals surface area contributed by atoms with Crippen LogP contribution in [-0.4, -0.2) is 54.7 Å². The van der Waals surface area contributed by atoms with E-state index >= 15 is 0 Å². The molecule has 2 aromatic rings. The summed E-state index contributed by atoms with van der Waals surface area (Å²) < 4.78 is 27.7. The van der Waals surface area contributed by atoms with Crippen LogP contribution in [0.5, 0.6) is 0 Å². The SMILES string of the molecule is O=C(c1cncc(Br)c1)N1CCN(S(=O)(=O)c2c(Cl)cccc2Cl)CC1. The number of carbonyl (C=O) groups is 1. The highest BCUT2D eigenvalue weighted by atomic mass is 79.9. The van der Waals surface area contributed by atoms with Crippen molar-refractivity contribution in [2.24, 2.45) is 0 Å². The molecule has 0 saturated carbocycles. The molecule has 1 aliphatic heterocycles. The lowest BCUT2D eigenvalue weighted by Crippen LogP contribution is -2.50. The molecule has 10 heteroatoms. The average molecular weight is 479 g/mol. The first-order valence-corrected chi connectivity index (χ1v) is 10.6. The number of rotatable bonds is 3. The van der Waals surface area contributed by atoms with E-state index in [1.54, 1.807) is 23.2 Å². The summed E-state index contributed by atoms with van der Waals surface area (Å²) in [6.45, 7) is 0.868. The lowest BCUT2D eigenvalue weighted by atomic mass is 10.2. The first kappa shape index (κ1) is 19.6. The van der Waals surface area contributed by atoms with Crippen molar-refractivity contribution in [3.8, 4) is 0 Å². The van der Waals surface area contributed by atoms with Gasteiger partial charge in [-0.25, -0.2) is 8.42 Å². The van der Waals surface area contributed by atoms with E-state index in [1.165, 1.54) is 22.6 Å². The Labute approximate surface area is 169 Å². The van der Waals surface area contributed by atoms with Crippen LogP contribution in [0.4, 0.5) is 0 Å². The van der Waals surface area contributed by atoms with Gasteiger partial charge in [-0.05, 0) is 34.1 Å². The minimum atomic E-state index is -3.83. The minimum Gasteiger partial charge on any atom is -0.336 e. The highest BCUT2D eigenvalue weighted by Gasteiger charge is 2.33. The molecule has 0 N–H and O–H groups in total. The van der Waals surface area contributed by atoms with Crippen LogP contribution in [0, 0.1) is 0 Å². The minimum absolute atomic E-state index is 0.0798. The Hall–Kier alpha value is -1.19. The normalized spacial score (nSPS) is 15.9. The second-order valence-electron chi connectivity index (χ2n) is 5.64. The van der Waals surface area contributed by atoms with Crippen molar-refractivity contribution in [2.75, 3.05) is 26.2 Å². The van der Waals surface area contributed by atoms with Crippen LogP contribution in [0.15, 0.2) is 46.0 Å².